The minimum Gasteiger partial charge on any atom is -0.377 e. The van der Waals surface area contributed by atoms with Gasteiger partial charge in [0.05, 0.1) is 24.0 Å². The van der Waals surface area contributed by atoms with Crippen LogP contribution in [0.1, 0.15) is 27.2 Å². The second-order valence-corrected chi connectivity index (χ2v) is 4.96. The summed E-state index contributed by atoms with van der Waals surface area (Å²) in [5.74, 6) is 0.626. The molecule has 16 heavy (non-hydrogen) atoms. The van der Waals surface area contributed by atoms with Crippen LogP contribution in [-0.2, 0) is 11.3 Å². The van der Waals surface area contributed by atoms with E-state index in [0.717, 1.165) is 25.3 Å². The molecule has 90 valence electrons. The zero-order valence-corrected chi connectivity index (χ0v) is 10.3. The van der Waals surface area contributed by atoms with Crippen LogP contribution in [0.15, 0.2) is 12.4 Å². The van der Waals surface area contributed by atoms with Crippen LogP contribution in [0, 0.1) is 5.92 Å². The zero-order chi connectivity index (χ0) is 11.5. The summed E-state index contributed by atoms with van der Waals surface area (Å²) in [6, 6.07) is 0.427. The maximum absolute atomic E-state index is 5.52. The first-order chi connectivity index (χ1) is 7.65. The van der Waals surface area contributed by atoms with Gasteiger partial charge in [0.15, 0.2) is 0 Å². The van der Waals surface area contributed by atoms with Crippen LogP contribution < -0.4 is 5.32 Å². The molecule has 0 bridgehead atoms. The average Bonchev–Trinajstić information content (AvgIpc) is 2.77. The van der Waals surface area contributed by atoms with Crippen molar-refractivity contribution in [1.29, 1.82) is 0 Å². The molecule has 1 fully saturated rings. The van der Waals surface area contributed by atoms with Crippen LogP contribution in [0.25, 0.3) is 0 Å². The van der Waals surface area contributed by atoms with Gasteiger partial charge >= 0.3 is 0 Å². The Labute approximate surface area is 97.0 Å². The van der Waals surface area contributed by atoms with E-state index in [-0.39, 0.29) is 0 Å². The molecule has 1 aromatic heterocycles. The molecule has 0 amide bonds. The Balaban J connectivity index is 1.92. The standard InChI is InChI=1S/C12H21N3O/c1-9(2)7-15-8-11(6-13-15)14-12-4-5-16-10(12)3/h6,8-10,12,14H,4-5,7H2,1-3H3/t10-,12-/m1/s1. The molecule has 1 N–H and O–H groups in total. The molecule has 1 saturated heterocycles. The Morgan fingerprint density at radius 3 is 3.06 bits per heavy atom. The molecule has 1 aliphatic rings. The highest BCUT2D eigenvalue weighted by molar-refractivity contribution is 5.39. The summed E-state index contributed by atoms with van der Waals surface area (Å²) >= 11 is 0. The summed E-state index contributed by atoms with van der Waals surface area (Å²) in [5, 5.41) is 7.81. The predicted molar refractivity (Wildman–Crippen MR) is 64.5 cm³/mol. The van der Waals surface area contributed by atoms with E-state index in [1.165, 1.54) is 0 Å². The number of aromatic nitrogens is 2. The number of nitrogens with one attached hydrogen (secondary N) is 1. The van der Waals surface area contributed by atoms with Crippen molar-refractivity contribution < 1.29 is 4.74 Å². The maximum Gasteiger partial charge on any atom is 0.0748 e. The average molecular weight is 223 g/mol. The van der Waals surface area contributed by atoms with Crippen LogP contribution in [0.4, 0.5) is 5.69 Å². The zero-order valence-electron chi connectivity index (χ0n) is 10.3. The van der Waals surface area contributed by atoms with E-state index in [0.29, 0.717) is 18.1 Å². The molecule has 1 aliphatic heterocycles. The normalized spacial score (nSPS) is 25.2. The fourth-order valence-electron chi connectivity index (χ4n) is 2.05. The van der Waals surface area contributed by atoms with Gasteiger partial charge in [-0.2, -0.15) is 5.10 Å². The van der Waals surface area contributed by atoms with Crippen molar-refractivity contribution in [1.82, 2.24) is 9.78 Å². The molecule has 4 heteroatoms. The summed E-state index contributed by atoms with van der Waals surface area (Å²) in [5.41, 5.74) is 1.10. The van der Waals surface area contributed by atoms with Gasteiger partial charge < -0.3 is 10.1 Å². The van der Waals surface area contributed by atoms with Crippen molar-refractivity contribution in [3.8, 4) is 0 Å². The third kappa shape index (κ3) is 2.76. The predicted octanol–water partition coefficient (Wildman–Crippen LogP) is 2.13. The molecule has 0 aromatic carbocycles. The first-order valence-corrected chi connectivity index (χ1v) is 6.05. The molecule has 0 radical (unpaired) electrons. The monoisotopic (exact) mass is 223 g/mol. The van der Waals surface area contributed by atoms with E-state index < -0.39 is 0 Å². The quantitative estimate of drug-likeness (QED) is 0.850. The van der Waals surface area contributed by atoms with Crippen molar-refractivity contribution in [2.45, 2.75) is 45.9 Å². The van der Waals surface area contributed by atoms with E-state index in [2.05, 4.69) is 37.4 Å². The van der Waals surface area contributed by atoms with Crippen LogP contribution in [0.5, 0.6) is 0 Å². The second-order valence-electron chi connectivity index (χ2n) is 4.96. The molecule has 0 spiro atoms. The highest BCUT2D eigenvalue weighted by Gasteiger charge is 2.24. The summed E-state index contributed by atoms with van der Waals surface area (Å²) < 4.78 is 7.51. The van der Waals surface area contributed by atoms with Gasteiger partial charge in [-0.25, -0.2) is 0 Å². The number of hydrogen-bond donors (Lipinski definition) is 1. The van der Waals surface area contributed by atoms with Gasteiger partial charge in [0, 0.05) is 19.3 Å². The van der Waals surface area contributed by atoms with E-state index in [9.17, 15) is 0 Å². The largest absolute Gasteiger partial charge is 0.377 e. The van der Waals surface area contributed by atoms with Gasteiger partial charge in [-0.15, -0.1) is 0 Å². The Kier molecular flexibility index (Phi) is 3.49. The highest BCUT2D eigenvalue weighted by atomic mass is 16.5. The third-order valence-electron chi connectivity index (χ3n) is 2.91. The molecular formula is C12H21N3O. The lowest BCUT2D eigenvalue weighted by Gasteiger charge is -2.15. The highest BCUT2D eigenvalue weighted by Crippen LogP contribution is 2.18. The number of nitrogens with zero attached hydrogens (tertiary/aromatic N) is 2. The number of hydrogen-bond acceptors (Lipinski definition) is 3. The minimum absolute atomic E-state index is 0.299. The van der Waals surface area contributed by atoms with Crippen molar-refractivity contribution in [2.24, 2.45) is 5.92 Å². The van der Waals surface area contributed by atoms with Gasteiger partial charge in [-0.3, -0.25) is 4.68 Å². The molecule has 0 saturated carbocycles. The summed E-state index contributed by atoms with van der Waals surface area (Å²) in [4.78, 5) is 0. The number of anilines is 1. The van der Waals surface area contributed by atoms with Crippen LogP contribution in [0.3, 0.4) is 0 Å². The topological polar surface area (TPSA) is 39.1 Å². The summed E-state index contributed by atoms with van der Waals surface area (Å²) in [6.45, 7) is 8.34. The maximum atomic E-state index is 5.52. The molecule has 2 rings (SSSR count). The van der Waals surface area contributed by atoms with Gasteiger partial charge in [0.2, 0.25) is 0 Å². The van der Waals surface area contributed by atoms with Crippen LogP contribution >= 0.6 is 0 Å². The molecule has 0 unspecified atom stereocenters. The first-order valence-electron chi connectivity index (χ1n) is 6.05. The summed E-state index contributed by atoms with van der Waals surface area (Å²) in [7, 11) is 0. The Hall–Kier alpha value is -1.03. The molecule has 1 aromatic rings. The smallest absolute Gasteiger partial charge is 0.0748 e. The molecule has 0 aliphatic carbocycles. The Bertz CT molecular complexity index is 335. The SMILES string of the molecule is CC(C)Cn1cc(N[C@@H]2CCO[C@@H]2C)cn1. The van der Waals surface area contributed by atoms with E-state index in [1.807, 2.05) is 10.9 Å². The molecular weight excluding hydrogens is 202 g/mol. The minimum atomic E-state index is 0.299. The number of rotatable bonds is 4. The van der Waals surface area contributed by atoms with Crippen LogP contribution in [0.2, 0.25) is 0 Å². The molecule has 2 atom stereocenters. The van der Waals surface area contributed by atoms with E-state index >= 15 is 0 Å². The van der Waals surface area contributed by atoms with Gasteiger partial charge in [-0.1, -0.05) is 13.8 Å². The van der Waals surface area contributed by atoms with E-state index in [1.54, 1.807) is 0 Å². The Morgan fingerprint density at radius 1 is 1.62 bits per heavy atom. The third-order valence-corrected chi connectivity index (χ3v) is 2.91. The van der Waals surface area contributed by atoms with Gasteiger partial charge in [0.25, 0.3) is 0 Å². The lowest BCUT2D eigenvalue weighted by molar-refractivity contribution is 0.121. The summed E-state index contributed by atoms with van der Waals surface area (Å²) in [6.07, 6.45) is 5.35. The first kappa shape index (κ1) is 11.5. The van der Waals surface area contributed by atoms with Crippen molar-refractivity contribution in [2.75, 3.05) is 11.9 Å². The fraction of sp³-hybridized carbons (Fsp3) is 0.750. The van der Waals surface area contributed by atoms with Crippen molar-refractivity contribution in [3.05, 3.63) is 12.4 Å². The van der Waals surface area contributed by atoms with Crippen LogP contribution in [-0.4, -0.2) is 28.5 Å². The lowest BCUT2D eigenvalue weighted by Crippen LogP contribution is -2.26. The van der Waals surface area contributed by atoms with Crippen molar-refractivity contribution in [3.63, 3.8) is 0 Å². The molecule has 4 nitrogen and oxygen atoms in total. The molecule has 2 heterocycles. The second kappa shape index (κ2) is 4.87. The van der Waals surface area contributed by atoms with Gasteiger partial charge in [-0.05, 0) is 19.3 Å². The Morgan fingerprint density at radius 2 is 2.44 bits per heavy atom. The lowest BCUT2D eigenvalue weighted by atomic mass is 10.1. The number of ether oxygens (including phenoxy) is 1. The van der Waals surface area contributed by atoms with Gasteiger partial charge in [0.1, 0.15) is 0 Å². The van der Waals surface area contributed by atoms with E-state index in [4.69, 9.17) is 4.74 Å². The fourth-order valence-corrected chi connectivity index (χ4v) is 2.05. The van der Waals surface area contributed by atoms with Crippen molar-refractivity contribution >= 4 is 5.69 Å².